The summed E-state index contributed by atoms with van der Waals surface area (Å²) >= 11 is 0. The third kappa shape index (κ3) is 4.51. The van der Waals surface area contributed by atoms with Crippen LogP contribution >= 0.6 is 0 Å². The van der Waals surface area contributed by atoms with Gasteiger partial charge < -0.3 is 18.9 Å². The second-order valence-electron chi connectivity index (χ2n) is 4.33. The molecule has 0 radical (unpaired) electrons. The van der Waals surface area contributed by atoms with Crippen LogP contribution in [0.1, 0.15) is 22.8 Å². The van der Waals surface area contributed by atoms with Crippen LogP contribution in [0, 0.1) is 0 Å². The van der Waals surface area contributed by atoms with Crippen LogP contribution in [0.25, 0.3) is 0 Å². The largest absolute Gasteiger partial charge is 0.496 e. The minimum Gasteiger partial charge on any atom is -0.496 e. The van der Waals surface area contributed by atoms with Crippen LogP contribution in [0.2, 0.25) is 0 Å². The van der Waals surface area contributed by atoms with Gasteiger partial charge in [-0.1, -0.05) is 13.0 Å². The van der Waals surface area contributed by atoms with Gasteiger partial charge in [-0.05, 0) is 24.1 Å². The Bertz CT molecular complexity index is 424. The van der Waals surface area contributed by atoms with Crippen molar-refractivity contribution < 1.29 is 23.7 Å². The molecule has 5 heteroatoms. The molecule has 0 aliphatic carbocycles. The summed E-state index contributed by atoms with van der Waals surface area (Å²) in [6.45, 7) is 2.61. The lowest BCUT2D eigenvalue weighted by molar-refractivity contribution is -0.0225. The van der Waals surface area contributed by atoms with Crippen LogP contribution in [-0.2, 0) is 20.6 Å². The highest BCUT2D eigenvalue weighted by molar-refractivity contribution is 5.92. The van der Waals surface area contributed by atoms with E-state index in [1.54, 1.807) is 20.3 Å². The molecule has 0 saturated carbocycles. The van der Waals surface area contributed by atoms with E-state index in [1.165, 1.54) is 7.11 Å². The number of benzene rings is 1. The van der Waals surface area contributed by atoms with E-state index in [2.05, 4.69) is 0 Å². The molecular formula is C15H22O5. The van der Waals surface area contributed by atoms with Gasteiger partial charge in [-0.2, -0.15) is 0 Å². The van der Waals surface area contributed by atoms with Gasteiger partial charge in [-0.25, -0.2) is 4.79 Å². The van der Waals surface area contributed by atoms with Crippen LogP contribution in [0.3, 0.4) is 0 Å². The Morgan fingerprint density at radius 3 is 2.30 bits per heavy atom. The van der Waals surface area contributed by atoms with Gasteiger partial charge in [0.05, 0.1) is 20.3 Å². The Morgan fingerprint density at radius 2 is 1.80 bits per heavy atom. The lowest BCUT2D eigenvalue weighted by atomic mass is 10.1. The highest BCUT2D eigenvalue weighted by atomic mass is 16.6. The second-order valence-corrected chi connectivity index (χ2v) is 4.33. The Kier molecular flexibility index (Phi) is 7.04. The molecular weight excluding hydrogens is 260 g/mol. The molecule has 0 amide bonds. The maximum absolute atomic E-state index is 12.2. The summed E-state index contributed by atoms with van der Waals surface area (Å²) in [5.74, 6) is 0.0755. The van der Waals surface area contributed by atoms with Crippen molar-refractivity contribution in [1.82, 2.24) is 0 Å². The van der Waals surface area contributed by atoms with Gasteiger partial charge in [0.2, 0.25) is 0 Å². The molecule has 1 rings (SSSR count). The second kappa shape index (κ2) is 8.55. The summed E-state index contributed by atoms with van der Waals surface area (Å²) in [5, 5.41) is 0. The van der Waals surface area contributed by atoms with Gasteiger partial charge in [0.25, 0.3) is 0 Å². The normalized spacial score (nSPS) is 10.7. The number of ether oxygens (including phenoxy) is 4. The van der Waals surface area contributed by atoms with Crippen molar-refractivity contribution in [2.45, 2.75) is 19.4 Å². The molecule has 0 unspecified atom stereocenters. The Balaban J connectivity index is 2.85. The van der Waals surface area contributed by atoms with E-state index < -0.39 is 12.1 Å². The quantitative estimate of drug-likeness (QED) is 0.683. The molecule has 20 heavy (non-hydrogen) atoms. The molecule has 0 fully saturated rings. The zero-order chi connectivity index (χ0) is 15.0. The number of methoxy groups -OCH3 is 3. The van der Waals surface area contributed by atoms with Crippen molar-refractivity contribution in [2.24, 2.45) is 0 Å². The molecule has 0 saturated heterocycles. The molecule has 0 N–H and O–H groups in total. The van der Waals surface area contributed by atoms with E-state index in [9.17, 15) is 4.79 Å². The average Bonchev–Trinajstić information content (AvgIpc) is 2.46. The third-order valence-electron chi connectivity index (χ3n) is 2.87. The molecule has 0 aliphatic heterocycles. The van der Waals surface area contributed by atoms with E-state index in [0.717, 1.165) is 12.0 Å². The lowest BCUT2D eigenvalue weighted by Gasteiger charge is -2.17. The summed E-state index contributed by atoms with van der Waals surface area (Å²) < 4.78 is 20.6. The topological polar surface area (TPSA) is 54.0 Å². The van der Waals surface area contributed by atoms with Gasteiger partial charge in [-0.3, -0.25) is 0 Å². The summed E-state index contributed by atoms with van der Waals surface area (Å²) in [6, 6.07) is 5.45. The molecule has 5 nitrogen and oxygen atoms in total. The van der Waals surface area contributed by atoms with Crippen LogP contribution in [0.15, 0.2) is 18.2 Å². The maximum atomic E-state index is 12.2. The monoisotopic (exact) mass is 282 g/mol. The molecule has 1 aromatic carbocycles. The molecule has 0 atom stereocenters. The summed E-state index contributed by atoms with van der Waals surface area (Å²) in [5.41, 5.74) is 1.51. The van der Waals surface area contributed by atoms with E-state index in [0.29, 0.717) is 11.3 Å². The Morgan fingerprint density at radius 1 is 1.15 bits per heavy atom. The number of hydrogen-bond donors (Lipinski definition) is 0. The van der Waals surface area contributed by atoms with Gasteiger partial charge >= 0.3 is 5.97 Å². The predicted molar refractivity (Wildman–Crippen MR) is 75.3 cm³/mol. The first-order valence-corrected chi connectivity index (χ1v) is 6.52. The number of carbonyl (C=O) groups is 1. The highest BCUT2D eigenvalue weighted by Gasteiger charge is 2.19. The summed E-state index contributed by atoms with van der Waals surface area (Å²) in [7, 11) is 4.63. The van der Waals surface area contributed by atoms with Gasteiger partial charge in [0, 0.05) is 14.2 Å². The number of esters is 1. The van der Waals surface area contributed by atoms with Crippen LogP contribution in [0.4, 0.5) is 0 Å². The minimum atomic E-state index is -0.441. The van der Waals surface area contributed by atoms with Crippen LogP contribution in [-0.4, -0.2) is 46.6 Å². The smallest absolute Gasteiger partial charge is 0.342 e. The number of rotatable bonds is 8. The van der Waals surface area contributed by atoms with Crippen molar-refractivity contribution in [2.75, 3.05) is 34.5 Å². The molecule has 1 aromatic rings. The van der Waals surface area contributed by atoms with Crippen molar-refractivity contribution in [1.29, 1.82) is 0 Å². The fourth-order valence-corrected chi connectivity index (χ4v) is 1.83. The van der Waals surface area contributed by atoms with E-state index in [1.807, 2.05) is 19.1 Å². The van der Waals surface area contributed by atoms with Crippen molar-refractivity contribution in [3.05, 3.63) is 29.3 Å². The van der Waals surface area contributed by atoms with Crippen molar-refractivity contribution in [3.63, 3.8) is 0 Å². The fraction of sp³-hybridized carbons (Fsp3) is 0.533. The molecule has 0 aromatic heterocycles. The summed E-state index contributed by atoms with van der Waals surface area (Å²) in [6.07, 6.45) is 0.440. The lowest BCUT2D eigenvalue weighted by Crippen LogP contribution is -2.27. The Hall–Kier alpha value is -1.59. The molecule has 0 bridgehead atoms. The van der Waals surface area contributed by atoms with E-state index in [4.69, 9.17) is 18.9 Å². The van der Waals surface area contributed by atoms with E-state index >= 15 is 0 Å². The third-order valence-corrected chi connectivity index (χ3v) is 2.87. The fourth-order valence-electron chi connectivity index (χ4n) is 1.83. The average molecular weight is 282 g/mol. The molecule has 0 aliphatic rings. The summed E-state index contributed by atoms with van der Waals surface area (Å²) in [4.78, 5) is 12.2. The molecule has 0 spiro atoms. The van der Waals surface area contributed by atoms with Crippen LogP contribution < -0.4 is 4.74 Å². The van der Waals surface area contributed by atoms with Crippen molar-refractivity contribution >= 4 is 5.97 Å². The Labute approximate surface area is 119 Å². The standard InChI is InChI=1S/C15H22O5/c1-5-11-6-7-13(14(8-11)19-4)15(16)20-12(9-17-2)10-18-3/h6-8,12H,5,9-10H2,1-4H3. The zero-order valence-electron chi connectivity index (χ0n) is 12.5. The number of hydrogen-bond acceptors (Lipinski definition) is 5. The van der Waals surface area contributed by atoms with Gasteiger partial charge in [-0.15, -0.1) is 0 Å². The van der Waals surface area contributed by atoms with Gasteiger partial charge in [0.1, 0.15) is 17.4 Å². The molecule has 0 heterocycles. The van der Waals surface area contributed by atoms with Gasteiger partial charge in [0.15, 0.2) is 0 Å². The minimum absolute atomic E-state index is 0.287. The van der Waals surface area contributed by atoms with Crippen molar-refractivity contribution in [3.8, 4) is 5.75 Å². The first kappa shape index (κ1) is 16.5. The maximum Gasteiger partial charge on any atom is 0.342 e. The van der Waals surface area contributed by atoms with Crippen LogP contribution in [0.5, 0.6) is 5.75 Å². The first-order chi connectivity index (χ1) is 9.65. The zero-order valence-corrected chi connectivity index (χ0v) is 12.5. The first-order valence-electron chi connectivity index (χ1n) is 6.52. The SMILES string of the molecule is CCc1ccc(C(=O)OC(COC)COC)c(OC)c1. The highest BCUT2D eigenvalue weighted by Crippen LogP contribution is 2.22. The predicted octanol–water partition coefficient (Wildman–Crippen LogP) is 2.08. The number of carbonyl (C=O) groups excluding carboxylic acids is 1. The number of aryl methyl sites for hydroxylation is 1. The molecule has 112 valence electrons. The van der Waals surface area contributed by atoms with E-state index in [-0.39, 0.29) is 13.2 Å².